The van der Waals surface area contributed by atoms with Crippen LogP contribution in [0.3, 0.4) is 0 Å². The third-order valence-corrected chi connectivity index (χ3v) is 11.7. The second-order valence-corrected chi connectivity index (χ2v) is 15.5. The van der Waals surface area contributed by atoms with Gasteiger partial charge in [-0.15, -0.1) is 17.0 Å². The highest BCUT2D eigenvalue weighted by Gasteiger charge is 2.38. The molecule has 0 bridgehead atoms. The molecule has 308 valence electrons. The van der Waals surface area contributed by atoms with E-state index in [4.69, 9.17) is 14.4 Å². The number of likely N-dealkylation sites (tertiary alicyclic amines) is 1. The van der Waals surface area contributed by atoms with E-state index in [0.29, 0.717) is 46.9 Å². The third-order valence-electron chi connectivity index (χ3n) is 11.7. The van der Waals surface area contributed by atoms with Gasteiger partial charge in [0.1, 0.15) is 22.8 Å². The Labute approximate surface area is 359 Å². The zero-order chi connectivity index (χ0) is 41.0. The number of rotatable bonds is 4. The lowest BCUT2D eigenvalue weighted by Gasteiger charge is -2.40. The largest absolute Gasteiger partial charge is 0.552 e. The van der Waals surface area contributed by atoms with Crippen molar-refractivity contribution in [2.24, 2.45) is 23.7 Å². The van der Waals surface area contributed by atoms with Crippen LogP contribution >= 0.6 is 17.0 Å². The van der Waals surface area contributed by atoms with Crippen molar-refractivity contribution in [2.45, 2.75) is 26.7 Å². The maximum atomic E-state index is 13.0. The normalized spacial score (nSPS) is 20.6. The Balaban J connectivity index is 0.000000153. The monoisotopic (exact) mass is 872 g/mol. The first-order valence-electron chi connectivity index (χ1n) is 20.1. The molecule has 60 heavy (non-hydrogen) atoms. The van der Waals surface area contributed by atoms with Crippen molar-refractivity contribution in [1.82, 2.24) is 30.2 Å². The molecule has 2 saturated heterocycles. The van der Waals surface area contributed by atoms with Crippen molar-refractivity contribution in [3.8, 4) is 11.5 Å². The molecule has 16 heteroatoms. The van der Waals surface area contributed by atoms with E-state index in [9.17, 15) is 19.6 Å². The smallest absolute Gasteiger partial charge is 0.531 e. The van der Waals surface area contributed by atoms with Gasteiger partial charge in [0.2, 0.25) is 0 Å². The Kier molecular flexibility index (Phi) is 13.2. The number of pyridine rings is 2. The molecule has 2 fully saturated rings. The molecule has 4 atom stereocenters. The zero-order valence-corrected chi connectivity index (χ0v) is 35.0. The molecule has 2 unspecified atom stereocenters. The van der Waals surface area contributed by atoms with Crippen LogP contribution in [-0.4, -0.2) is 92.3 Å². The summed E-state index contributed by atoms with van der Waals surface area (Å²) in [6.07, 6.45) is 9.17. The number of carbonyl (C=O) groups excluding carboxylic acids is 1. The van der Waals surface area contributed by atoms with Crippen molar-refractivity contribution in [1.29, 1.82) is 0 Å². The summed E-state index contributed by atoms with van der Waals surface area (Å²) >= 11 is 0. The highest BCUT2D eigenvalue weighted by molar-refractivity contribution is 8.93. The lowest BCUT2D eigenvalue weighted by atomic mass is 9.71. The maximum absolute atomic E-state index is 13.0. The van der Waals surface area contributed by atoms with E-state index in [1.54, 1.807) is 48.7 Å². The Bertz CT molecular complexity index is 2520. The molecule has 0 saturated carbocycles. The van der Waals surface area contributed by atoms with Gasteiger partial charge >= 0.3 is 20.2 Å². The van der Waals surface area contributed by atoms with Crippen molar-refractivity contribution in [3.05, 3.63) is 132 Å². The standard InChI is InChI=1S/C22H22BN3O3.C15H18BN3O2.C7H6O2.BrH/c1-14-8-10-26(22(27)15-5-3-2-4-6-15)13-18(14)17-11-23(28)29-19-12-25-21-16(20(17)19)7-9-24-21;1-9-2-4-17-7-12(9)11-6-16(20)21-13-8-19-15-10(14(11)13)3-5-18-15;8-7(9)6-4-2-1-3-5-6;/h2-7,9,11-12,14,18,28H,8,10,13H2,1H3,(H,24,25);3,5-6,8-9,12,17,20H,2,4,7H2,1H3,(H,18,19);1-5H,(H,8,9);1H/t14-,18?;9-,12?;;/m00../s1. The zero-order valence-electron chi connectivity index (χ0n) is 33.3. The van der Waals surface area contributed by atoms with Crippen LogP contribution in [0.5, 0.6) is 11.5 Å². The number of carboxylic acids is 1. The molecule has 0 radical (unpaired) electrons. The molecule has 2 aromatic carbocycles. The molecule has 0 spiro atoms. The fourth-order valence-electron chi connectivity index (χ4n) is 8.58. The Morgan fingerprint density at radius 1 is 0.733 bits per heavy atom. The minimum absolute atomic E-state index is 0. The molecule has 6 aromatic rings. The van der Waals surface area contributed by atoms with E-state index in [-0.39, 0.29) is 28.8 Å². The van der Waals surface area contributed by atoms with Crippen LogP contribution in [-0.2, 0) is 0 Å². The SMILES string of the molecule is Br.C[C@H]1CCN(C(=O)c2ccccc2)CC1C1=CB(O)Oc2cnc3[nH]ccc3c21.C[C@H]1CCNCC1C1=CB(O)Oc2cnc3[nH]ccc3c21.O=C(O)c1ccccc1. The van der Waals surface area contributed by atoms with Gasteiger partial charge in [0.05, 0.1) is 18.0 Å². The van der Waals surface area contributed by atoms with Gasteiger partial charge in [-0.25, -0.2) is 14.8 Å². The number of aromatic carboxylic acids is 1. The molecule has 10 rings (SSSR count). The molecule has 0 aliphatic carbocycles. The van der Waals surface area contributed by atoms with Gasteiger partial charge in [0, 0.05) is 65.4 Å². The summed E-state index contributed by atoms with van der Waals surface area (Å²) in [5, 5.41) is 34.2. The lowest BCUT2D eigenvalue weighted by molar-refractivity contribution is 0.0655. The molecule has 1 amide bonds. The van der Waals surface area contributed by atoms with Gasteiger partial charge < -0.3 is 44.6 Å². The molecular weight excluding hydrogens is 826 g/mol. The molecule has 4 aromatic heterocycles. The van der Waals surface area contributed by atoms with E-state index in [2.05, 4.69) is 39.1 Å². The van der Waals surface area contributed by atoms with Crippen LogP contribution in [0.4, 0.5) is 0 Å². The number of aromatic amines is 2. The van der Waals surface area contributed by atoms with Crippen molar-refractivity contribution >= 4 is 76.3 Å². The molecular formula is C44H47B2BrN6O7. The molecule has 4 aliphatic heterocycles. The number of H-pyrrole nitrogens is 2. The number of hydrogen-bond acceptors (Lipinski definition) is 9. The number of piperidine rings is 2. The van der Waals surface area contributed by atoms with Crippen LogP contribution in [0.25, 0.3) is 33.2 Å². The topological polar surface area (TPSA) is 186 Å². The van der Waals surface area contributed by atoms with Gasteiger partial charge in [-0.3, -0.25) is 4.79 Å². The molecule has 4 aliphatic rings. The van der Waals surface area contributed by atoms with Crippen LogP contribution < -0.4 is 14.6 Å². The summed E-state index contributed by atoms with van der Waals surface area (Å²) in [6.45, 7) is 7.85. The van der Waals surface area contributed by atoms with Gasteiger partial charge in [0.25, 0.3) is 5.91 Å². The van der Waals surface area contributed by atoms with Crippen LogP contribution in [0, 0.1) is 23.7 Å². The minimum atomic E-state index is -1.01. The number of hydrogen-bond donors (Lipinski definition) is 6. The Morgan fingerprint density at radius 3 is 1.77 bits per heavy atom. The van der Waals surface area contributed by atoms with E-state index in [0.717, 1.165) is 71.2 Å². The number of halogens is 1. The molecule has 8 heterocycles. The van der Waals surface area contributed by atoms with Crippen LogP contribution in [0.15, 0.2) is 110 Å². The van der Waals surface area contributed by atoms with Crippen molar-refractivity contribution in [3.63, 3.8) is 0 Å². The lowest BCUT2D eigenvalue weighted by Crippen LogP contribution is -2.44. The summed E-state index contributed by atoms with van der Waals surface area (Å²) in [5.41, 5.74) is 6.93. The fraction of sp³-hybridized carbons (Fsp3) is 0.273. The highest BCUT2D eigenvalue weighted by Crippen LogP contribution is 2.44. The van der Waals surface area contributed by atoms with Gasteiger partial charge in [-0.2, -0.15) is 0 Å². The Hall–Kier alpha value is -5.67. The van der Waals surface area contributed by atoms with E-state index < -0.39 is 20.2 Å². The maximum Gasteiger partial charge on any atom is 0.552 e. The number of benzene rings is 2. The van der Waals surface area contributed by atoms with Crippen LogP contribution in [0.1, 0.15) is 58.5 Å². The van der Waals surface area contributed by atoms with E-state index in [1.165, 1.54) is 5.57 Å². The predicted molar refractivity (Wildman–Crippen MR) is 239 cm³/mol. The number of carbonyl (C=O) groups is 2. The average molecular weight is 873 g/mol. The van der Waals surface area contributed by atoms with Gasteiger partial charge in [-0.05, 0) is 96.6 Å². The molecule has 13 nitrogen and oxygen atoms in total. The average Bonchev–Trinajstić information content (AvgIpc) is 3.95. The number of aromatic nitrogens is 4. The molecule has 6 N–H and O–H groups in total. The van der Waals surface area contributed by atoms with Crippen molar-refractivity contribution in [2.75, 3.05) is 26.2 Å². The highest BCUT2D eigenvalue weighted by atomic mass is 79.9. The quantitative estimate of drug-likeness (QED) is 0.104. The number of nitrogens with one attached hydrogen (secondary N) is 3. The summed E-state index contributed by atoms with van der Waals surface area (Å²) in [5.74, 6) is 5.51. The van der Waals surface area contributed by atoms with Crippen molar-refractivity contribution < 1.29 is 34.1 Å². The summed E-state index contributed by atoms with van der Waals surface area (Å²) in [4.78, 5) is 40.2. The summed E-state index contributed by atoms with van der Waals surface area (Å²) < 4.78 is 11.2. The third kappa shape index (κ3) is 8.92. The summed E-state index contributed by atoms with van der Waals surface area (Å²) in [7, 11) is -1.90. The first kappa shape index (κ1) is 42.5. The van der Waals surface area contributed by atoms with Gasteiger partial charge in [0.15, 0.2) is 0 Å². The van der Waals surface area contributed by atoms with E-state index in [1.807, 2.05) is 65.7 Å². The Morgan fingerprint density at radius 2 is 1.25 bits per heavy atom. The predicted octanol–water partition coefficient (Wildman–Crippen LogP) is 6.72. The number of carboxylic acid groups (broad SMARTS) is 1. The summed E-state index contributed by atoms with van der Waals surface area (Å²) in [6, 6.07) is 21.7. The minimum Gasteiger partial charge on any atom is -0.531 e. The second kappa shape index (κ2) is 18.7. The van der Waals surface area contributed by atoms with E-state index >= 15 is 0 Å². The second-order valence-electron chi connectivity index (χ2n) is 15.5. The number of nitrogens with zero attached hydrogens (tertiary/aromatic N) is 3. The first-order valence-corrected chi connectivity index (χ1v) is 20.1. The first-order chi connectivity index (χ1) is 28.7. The fourth-order valence-corrected chi connectivity index (χ4v) is 8.58. The number of fused-ring (bicyclic) bond motifs is 6. The van der Waals surface area contributed by atoms with Crippen LogP contribution in [0.2, 0.25) is 0 Å². The number of amides is 1. The van der Waals surface area contributed by atoms with Gasteiger partial charge in [-0.1, -0.05) is 50.2 Å².